The van der Waals surface area contributed by atoms with E-state index >= 15 is 0 Å². The molecule has 1 atom stereocenters. The Hall–Kier alpha value is -2.86. The second-order valence-corrected chi connectivity index (χ2v) is 7.39. The van der Waals surface area contributed by atoms with Gasteiger partial charge in [-0.15, -0.1) is 0 Å². The van der Waals surface area contributed by atoms with Crippen LogP contribution in [0, 0.1) is 0 Å². The fraction of sp³-hybridized carbons (Fsp3) is 0.417. The summed E-state index contributed by atoms with van der Waals surface area (Å²) in [5.41, 5.74) is 1.98. The third-order valence-corrected chi connectivity index (χ3v) is 5.25. The van der Waals surface area contributed by atoms with Crippen molar-refractivity contribution in [3.8, 4) is 0 Å². The van der Waals surface area contributed by atoms with Gasteiger partial charge in [0, 0.05) is 44.7 Å². The van der Waals surface area contributed by atoms with Crippen LogP contribution >= 0.6 is 0 Å². The lowest BCUT2D eigenvalue weighted by Gasteiger charge is -2.30. The molecule has 162 valence electrons. The van der Waals surface area contributed by atoms with Gasteiger partial charge in [0.05, 0.1) is 13.2 Å². The van der Waals surface area contributed by atoms with Gasteiger partial charge in [0.2, 0.25) is 11.8 Å². The number of amides is 2. The predicted molar refractivity (Wildman–Crippen MR) is 120 cm³/mol. The summed E-state index contributed by atoms with van der Waals surface area (Å²) in [5, 5.41) is 0. The number of carbonyl (C=O) groups excluding carboxylic acids is 2. The van der Waals surface area contributed by atoms with Gasteiger partial charge in [-0.05, 0) is 37.1 Å². The van der Waals surface area contributed by atoms with Crippen molar-refractivity contribution < 1.29 is 14.3 Å². The Morgan fingerprint density at radius 2 is 1.90 bits per heavy atom. The van der Waals surface area contributed by atoms with Crippen LogP contribution in [0.15, 0.2) is 54.7 Å². The minimum absolute atomic E-state index is 0.0406. The van der Waals surface area contributed by atoms with Crippen molar-refractivity contribution in [1.82, 2.24) is 14.4 Å². The smallest absolute Gasteiger partial charge is 0.247 e. The van der Waals surface area contributed by atoms with Gasteiger partial charge in [-0.3, -0.25) is 9.59 Å². The molecule has 0 saturated heterocycles. The number of ether oxygens (including phenoxy) is 1. The molecular formula is C24H33N3O3. The van der Waals surface area contributed by atoms with E-state index in [0.29, 0.717) is 19.7 Å². The minimum atomic E-state index is -0.160. The van der Waals surface area contributed by atoms with E-state index in [1.54, 1.807) is 29.1 Å². The Bertz CT molecular complexity index is 829. The summed E-state index contributed by atoms with van der Waals surface area (Å²) >= 11 is 0. The first-order valence-corrected chi connectivity index (χ1v) is 10.4. The van der Waals surface area contributed by atoms with Crippen molar-refractivity contribution in [2.24, 2.45) is 7.05 Å². The standard InChI is InChI=1S/C24H33N3O3/c1-5-20(2)27(23(28)14-13-21-10-7-6-8-11-21)19-24(29)26(16-17-30-4)18-22-12-9-15-25(22)3/h6-15,20H,5,16-19H2,1-4H3/b14-13+/t20-/m0/s1. The zero-order valence-corrected chi connectivity index (χ0v) is 18.5. The molecule has 0 radical (unpaired) electrons. The number of hydrogen-bond donors (Lipinski definition) is 0. The maximum Gasteiger partial charge on any atom is 0.247 e. The topological polar surface area (TPSA) is 54.8 Å². The van der Waals surface area contributed by atoms with Crippen LogP contribution in [0.25, 0.3) is 6.08 Å². The Morgan fingerprint density at radius 1 is 1.17 bits per heavy atom. The number of benzene rings is 1. The van der Waals surface area contributed by atoms with Crippen LogP contribution in [0.2, 0.25) is 0 Å². The molecule has 2 rings (SSSR count). The molecule has 1 aromatic heterocycles. The molecule has 6 heteroatoms. The average molecular weight is 412 g/mol. The molecule has 0 spiro atoms. The van der Waals surface area contributed by atoms with Crippen LogP contribution < -0.4 is 0 Å². The number of aromatic nitrogens is 1. The molecule has 0 fully saturated rings. The zero-order chi connectivity index (χ0) is 21.9. The summed E-state index contributed by atoms with van der Waals surface area (Å²) in [4.78, 5) is 29.4. The summed E-state index contributed by atoms with van der Waals surface area (Å²) in [6, 6.07) is 13.6. The molecule has 6 nitrogen and oxygen atoms in total. The number of methoxy groups -OCH3 is 1. The van der Waals surface area contributed by atoms with E-state index in [2.05, 4.69) is 0 Å². The number of aryl methyl sites for hydroxylation is 1. The molecule has 1 aromatic carbocycles. The van der Waals surface area contributed by atoms with E-state index in [4.69, 9.17) is 4.74 Å². The summed E-state index contributed by atoms with van der Waals surface area (Å²) in [7, 11) is 3.58. The fourth-order valence-corrected chi connectivity index (χ4v) is 3.09. The number of hydrogen-bond acceptors (Lipinski definition) is 3. The van der Waals surface area contributed by atoms with E-state index in [0.717, 1.165) is 17.7 Å². The van der Waals surface area contributed by atoms with Crippen LogP contribution in [-0.4, -0.2) is 59.0 Å². The van der Waals surface area contributed by atoms with Crippen LogP contribution in [0.4, 0.5) is 0 Å². The van der Waals surface area contributed by atoms with Crippen molar-refractivity contribution in [2.75, 3.05) is 26.8 Å². The van der Waals surface area contributed by atoms with Gasteiger partial charge in [0.1, 0.15) is 6.54 Å². The number of rotatable bonds is 11. The quantitative estimate of drug-likeness (QED) is 0.533. The molecule has 2 aromatic rings. The van der Waals surface area contributed by atoms with Crippen molar-refractivity contribution in [3.63, 3.8) is 0 Å². The molecule has 1 heterocycles. The lowest BCUT2D eigenvalue weighted by molar-refractivity contribution is -0.140. The molecule has 2 amide bonds. The normalized spacial score (nSPS) is 12.1. The maximum absolute atomic E-state index is 13.1. The lowest BCUT2D eigenvalue weighted by Crippen LogP contribution is -2.46. The van der Waals surface area contributed by atoms with Gasteiger partial charge in [-0.2, -0.15) is 0 Å². The molecular weight excluding hydrogens is 378 g/mol. The second kappa shape index (κ2) is 12.0. The number of nitrogens with zero attached hydrogens (tertiary/aromatic N) is 3. The highest BCUT2D eigenvalue weighted by molar-refractivity contribution is 5.94. The first-order chi connectivity index (χ1) is 14.5. The van der Waals surface area contributed by atoms with Crippen LogP contribution in [-0.2, 0) is 27.9 Å². The van der Waals surface area contributed by atoms with Crippen LogP contribution in [0.5, 0.6) is 0 Å². The molecule has 0 aliphatic heterocycles. The van der Waals surface area contributed by atoms with Gasteiger partial charge in [0.25, 0.3) is 0 Å². The predicted octanol–water partition coefficient (Wildman–Crippen LogP) is 3.34. The second-order valence-electron chi connectivity index (χ2n) is 7.39. The van der Waals surface area contributed by atoms with Gasteiger partial charge < -0.3 is 19.1 Å². The molecule has 0 N–H and O–H groups in total. The van der Waals surface area contributed by atoms with E-state index in [9.17, 15) is 9.59 Å². The van der Waals surface area contributed by atoms with Gasteiger partial charge >= 0.3 is 0 Å². The van der Waals surface area contributed by atoms with Gasteiger partial charge in [-0.1, -0.05) is 37.3 Å². The van der Waals surface area contributed by atoms with Crippen molar-refractivity contribution in [1.29, 1.82) is 0 Å². The van der Waals surface area contributed by atoms with E-state index in [1.807, 2.05) is 74.1 Å². The first kappa shape index (κ1) is 23.4. The monoisotopic (exact) mass is 411 g/mol. The Morgan fingerprint density at radius 3 is 2.50 bits per heavy atom. The van der Waals surface area contributed by atoms with E-state index < -0.39 is 0 Å². The lowest BCUT2D eigenvalue weighted by atomic mass is 10.2. The van der Waals surface area contributed by atoms with E-state index in [1.165, 1.54) is 0 Å². The van der Waals surface area contributed by atoms with Crippen molar-refractivity contribution in [3.05, 3.63) is 66.0 Å². The SMILES string of the molecule is CC[C@H](C)N(CC(=O)N(CCOC)Cc1cccn1C)C(=O)/C=C/c1ccccc1. The highest BCUT2D eigenvalue weighted by atomic mass is 16.5. The Balaban J connectivity index is 2.13. The van der Waals surface area contributed by atoms with Crippen molar-refractivity contribution in [2.45, 2.75) is 32.9 Å². The first-order valence-electron chi connectivity index (χ1n) is 10.4. The molecule has 30 heavy (non-hydrogen) atoms. The zero-order valence-electron chi connectivity index (χ0n) is 18.5. The molecule has 0 bridgehead atoms. The Kier molecular flexibility index (Phi) is 9.35. The molecule has 0 unspecified atom stereocenters. The third-order valence-electron chi connectivity index (χ3n) is 5.25. The summed E-state index contributed by atoms with van der Waals surface area (Å²) < 4.78 is 7.18. The number of carbonyl (C=O) groups is 2. The summed E-state index contributed by atoms with van der Waals surface area (Å²) in [6.07, 6.45) is 6.06. The van der Waals surface area contributed by atoms with Gasteiger partial charge in [-0.25, -0.2) is 0 Å². The summed E-state index contributed by atoms with van der Waals surface area (Å²) in [5.74, 6) is -0.248. The van der Waals surface area contributed by atoms with E-state index in [-0.39, 0.29) is 24.4 Å². The minimum Gasteiger partial charge on any atom is -0.383 e. The third kappa shape index (κ3) is 6.88. The van der Waals surface area contributed by atoms with Crippen LogP contribution in [0.3, 0.4) is 0 Å². The largest absolute Gasteiger partial charge is 0.383 e. The van der Waals surface area contributed by atoms with Crippen LogP contribution in [0.1, 0.15) is 31.5 Å². The average Bonchev–Trinajstić information content (AvgIpc) is 3.17. The van der Waals surface area contributed by atoms with Crippen molar-refractivity contribution >= 4 is 17.9 Å². The fourth-order valence-electron chi connectivity index (χ4n) is 3.09. The highest BCUT2D eigenvalue weighted by Crippen LogP contribution is 2.11. The highest BCUT2D eigenvalue weighted by Gasteiger charge is 2.24. The Labute approximate surface area is 179 Å². The molecule has 0 aliphatic carbocycles. The molecule has 0 saturated carbocycles. The molecule has 0 aliphatic rings. The summed E-state index contributed by atoms with van der Waals surface area (Å²) in [6.45, 7) is 5.43. The maximum atomic E-state index is 13.1. The van der Waals surface area contributed by atoms with Gasteiger partial charge in [0.15, 0.2) is 0 Å².